The molecule has 0 saturated carbocycles. The lowest BCUT2D eigenvalue weighted by Crippen LogP contribution is -2.33. The van der Waals surface area contributed by atoms with Gasteiger partial charge in [0.05, 0.1) is 17.7 Å². The van der Waals surface area contributed by atoms with E-state index in [-0.39, 0.29) is 23.5 Å². The quantitative estimate of drug-likeness (QED) is 0.457. The number of benzene rings is 2. The smallest absolute Gasteiger partial charge is 0.416 e. The minimum atomic E-state index is -4.54. The molecule has 0 radical (unpaired) electrons. The molecule has 9 heteroatoms. The molecular formula is C23H23F3N2O4. The van der Waals surface area contributed by atoms with Crippen LogP contribution < -0.4 is 10.1 Å². The maximum absolute atomic E-state index is 13.1. The molecule has 32 heavy (non-hydrogen) atoms. The van der Waals surface area contributed by atoms with E-state index in [1.54, 1.807) is 24.3 Å². The summed E-state index contributed by atoms with van der Waals surface area (Å²) in [5, 5.41) is 2.75. The molecular weight excluding hydrogens is 425 g/mol. The van der Waals surface area contributed by atoms with E-state index in [9.17, 15) is 22.8 Å². The Balaban J connectivity index is 1.99. The Morgan fingerprint density at radius 1 is 1.03 bits per heavy atom. The summed E-state index contributed by atoms with van der Waals surface area (Å²) < 4.78 is 49.7. The summed E-state index contributed by atoms with van der Waals surface area (Å²) in [5.41, 5.74) is -0.336. The second-order valence-corrected chi connectivity index (χ2v) is 7.02. The summed E-state index contributed by atoms with van der Waals surface area (Å²) >= 11 is 0. The molecule has 3 rings (SSSR count). The van der Waals surface area contributed by atoms with E-state index >= 15 is 0 Å². The highest BCUT2D eigenvalue weighted by Gasteiger charge is 2.39. The van der Waals surface area contributed by atoms with Crippen LogP contribution in [0.5, 0.6) is 5.75 Å². The summed E-state index contributed by atoms with van der Waals surface area (Å²) in [7, 11) is 1.51. The molecule has 1 heterocycles. The fourth-order valence-electron chi connectivity index (χ4n) is 3.33. The van der Waals surface area contributed by atoms with Crippen molar-refractivity contribution >= 4 is 23.1 Å². The minimum absolute atomic E-state index is 0.0538. The molecule has 0 spiro atoms. The molecule has 0 fully saturated rings. The Kier molecular flexibility index (Phi) is 7.19. The largest absolute Gasteiger partial charge is 0.494 e. The number of anilines is 1. The predicted octanol–water partition coefficient (Wildman–Crippen LogP) is 4.33. The van der Waals surface area contributed by atoms with Crippen molar-refractivity contribution < 1.29 is 32.2 Å². The van der Waals surface area contributed by atoms with E-state index in [1.807, 2.05) is 6.92 Å². The van der Waals surface area contributed by atoms with Crippen LogP contribution >= 0.6 is 0 Å². The van der Waals surface area contributed by atoms with Gasteiger partial charge in [-0.15, -0.1) is 0 Å². The van der Waals surface area contributed by atoms with Crippen LogP contribution in [0.15, 0.2) is 54.2 Å². The molecule has 0 bridgehead atoms. The van der Waals surface area contributed by atoms with E-state index in [1.165, 1.54) is 19.2 Å². The average Bonchev–Trinajstić information content (AvgIpc) is 2.98. The van der Waals surface area contributed by atoms with Crippen LogP contribution in [0.2, 0.25) is 0 Å². The molecule has 0 aromatic heterocycles. The van der Waals surface area contributed by atoms with Gasteiger partial charge in [-0.1, -0.05) is 18.2 Å². The standard InChI is InChI=1S/C23H23F3N2O4/c1-3-32-18-10-8-15(9-11-18)19-20(22(30)28(21(19)29)12-5-13-31-2)27-17-7-4-6-16(14-17)23(24,25)26/h4,6-11,14,27H,3,5,12-13H2,1-2H3. The first kappa shape index (κ1) is 23.3. The fourth-order valence-corrected chi connectivity index (χ4v) is 3.33. The van der Waals surface area contributed by atoms with E-state index in [4.69, 9.17) is 9.47 Å². The molecule has 170 valence electrons. The maximum Gasteiger partial charge on any atom is 0.416 e. The first-order valence-electron chi connectivity index (χ1n) is 10.0. The van der Waals surface area contributed by atoms with Gasteiger partial charge in [-0.3, -0.25) is 14.5 Å². The number of rotatable bonds is 9. The molecule has 6 nitrogen and oxygen atoms in total. The van der Waals surface area contributed by atoms with Crippen molar-refractivity contribution in [3.05, 3.63) is 65.4 Å². The maximum atomic E-state index is 13.1. The van der Waals surface area contributed by atoms with Crippen molar-refractivity contribution in [3.63, 3.8) is 0 Å². The lowest BCUT2D eigenvalue weighted by atomic mass is 10.0. The topological polar surface area (TPSA) is 67.9 Å². The third-order valence-electron chi connectivity index (χ3n) is 4.81. The molecule has 1 aliphatic rings. The van der Waals surface area contributed by atoms with Crippen molar-refractivity contribution in [1.29, 1.82) is 0 Å². The minimum Gasteiger partial charge on any atom is -0.494 e. The Bertz CT molecular complexity index is 1020. The molecule has 2 amide bonds. The highest BCUT2D eigenvalue weighted by molar-refractivity contribution is 6.36. The van der Waals surface area contributed by atoms with E-state index in [0.717, 1.165) is 17.0 Å². The van der Waals surface area contributed by atoms with Crippen LogP contribution in [-0.4, -0.2) is 43.6 Å². The monoisotopic (exact) mass is 448 g/mol. The summed E-state index contributed by atoms with van der Waals surface area (Å²) in [5.74, 6) is -0.532. The van der Waals surface area contributed by atoms with E-state index in [2.05, 4.69) is 5.32 Å². The van der Waals surface area contributed by atoms with Crippen LogP contribution in [-0.2, 0) is 20.5 Å². The molecule has 0 aliphatic carbocycles. The van der Waals surface area contributed by atoms with Crippen molar-refractivity contribution in [2.24, 2.45) is 0 Å². The van der Waals surface area contributed by atoms with Gasteiger partial charge >= 0.3 is 6.18 Å². The highest BCUT2D eigenvalue weighted by Crippen LogP contribution is 2.34. The number of methoxy groups -OCH3 is 1. The molecule has 1 aliphatic heterocycles. The van der Waals surface area contributed by atoms with Crippen LogP contribution in [0.25, 0.3) is 5.57 Å². The van der Waals surface area contributed by atoms with Gasteiger partial charge in [-0.2, -0.15) is 13.2 Å². The van der Waals surface area contributed by atoms with Crippen molar-refractivity contribution in [2.45, 2.75) is 19.5 Å². The number of ether oxygens (including phenoxy) is 2. The molecule has 2 aromatic carbocycles. The zero-order valence-electron chi connectivity index (χ0n) is 17.7. The molecule has 0 saturated heterocycles. The van der Waals surface area contributed by atoms with Gasteiger partial charge in [0.2, 0.25) is 0 Å². The van der Waals surface area contributed by atoms with Crippen LogP contribution in [0.3, 0.4) is 0 Å². The lowest BCUT2D eigenvalue weighted by molar-refractivity contribution is -0.138. The van der Waals surface area contributed by atoms with E-state index in [0.29, 0.717) is 30.9 Å². The Morgan fingerprint density at radius 2 is 1.75 bits per heavy atom. The van der Waals surface area contributed by atoms with Crippen LogP contribution in [0.4, 0.5) is 18.9 Å². The molecule has 0 atom stereocenters. The summed E-state index contributed by atoms with van der Waals surface area (Å²) in [6.07, 6.45) is -4.10. The number of halogens is 3. The van der Waals surface area contributed by atoms with Gasteiger partial charge in [-0.25, -0.2) is 0 Å². The normalized spacial score (nSPS) is 14.3. The van der Waals surface area contributed by atoms with Gasteiger partial charge in [-0.05, 0) is 49.2 Å². The second-order valence-electron chi connectivity index (χ2n) is 7.02. The van der Waals surface area contributed by atoms with Gasteiger partial charge in [0.1, 0.15) is 11.4 Å². The Labute approximate surface area is 183 Å². The van der Waals surface area contributed by atoms with Gasteiger partial charge in [0.25, 0.3) is 11.8 Å². The fraction of sp³-hybridized carbons (Fsp3) is 0.304. The van der Waals surface area contributed by atoms with Crippen LogP contribution in [0, 0.1) is 0 Å². The van der Waals surface area contributed by atoms with Crippen molar-refractivity contribution in [1.82, 2.24) is 4.90 Å². The van der Waals surface area contributed by atoms with Crippen molar-refractivity contribution in [2.75, 3.05) is 32.2 Å². The summed E-state index contributed by atoms with van der Waals surface area (Å²) in [6.45, 7) is 2.78. The summed E-state index contributed by atoms with van der Waals surface area (Å²) in [4.78, 5) is 27.2. The van der Waals surface area contributed by atoms with Gasteiger partial charge in [0, 0.05) is 25.9 Å². The SMILES string of the molecule is CCOc1ccc(C2=C(Nc3cccc(C(F)(F)F)c3)C(=O)N(CCCOC)C2=O)cc1. The number of nitrogens with one attached hydrogen (secondary N) is 1. The third-order valence-corrected chi connectivity index (χ3v) is 4.81. The first-order chi connectivity index (χ1) is 15.3. The molecule has 1 N–H and O–H groups in total. The second kappa shape index (κ2) is 9.86. The van der Waals surface area contributed by atoms with Crippen LogP contribution in [0.1, 0.15) is 24.5 Å². The predicted molar refractivity (Wildman–Crippen MR) is 113 cm³/mol. The zero-order chi connectivity index (χ0) is 23.3. The first-order valence-corrected chi connectivity index (χ1v) is 10.0. The Morgan fingerprint density at radius 3 is 2.38 bits per heavy atom. The highest BCUT2D eigenvalue weighted by atomic mass is 19.4. The number of amides is 2. The zero-order valence-corrected chi connectivity index (χ0v) is 17.7. The number of hydrogen-bond acceptors (Lipinski definition) is 5. The number of imide groups is 1. The van der Waals surface area contributed by atoms with Crippen molar-refractivity contribution in [3.8, 4) is 5.75 Å². The number of nitrogens with zero attached hydrogens (tertiary/aromatic N) is 1. The third kappa shape index (κ3) is 5.11. The summed E-state index contributed by atoms with van der Waals surface area (Å²) in [6, 6.07) is 11.1. The number of carbonyl (C=O) groups excluding carboxylic acids is 2. The number of alkyl halides is 3. The van der Waals surface area contributed by atoms with Gasteiger partial charge < -0.3 is 14.8 Å². The van der Waals surface area contributed by atoms with Gasteiger partial charge in [0.15, 0.2) is 0 Å². The lowest BCUT2D eigenvalue weighted by Gasteiger charge is -2.15. The molecule has 2 aromatic rings. The Hall–Kier alpha value is -3.33. The number of hydrogen-bond donors (Lipinski definition) is 1. The average molecular weight is 448 g/mol. The number of carbonyl (C=O) groups is 2. The van der Waals surface area contributed by atoms with E-state index < -0.39 is 23.6 Å². The molecule has 0 unspecified atom stereocenters.